The summed E-state index contributed by atoms with van der Waals surface area (Å²) >= 11 is 0. The molecule has 0 bridgehead atoms. The number of fused-ring (bicyclic) bond motifs is 1. The number of aromatic amines is 1. The Morgan fingerprint density at radius 1 is 1.33 bits per heavy atom. The molecular formula is C18H18FN3O2. The van der Waals surface area contributed by atoms with Crippen LogP contribution in [0.5, 0.6) is 0 Å². The molecule has 5 nitrogen and oxygen atoms in total. The Bertz CT molecular complexity index is 881. The average molecular weight is 327 g/mol. The first-order chi connectivity index (χ1) is 11.4. The molecule has 0 radical (unpaired) electrons. The van der Waals surface area contributed by atoms with Crippen molar-refractivity contribution >= 4 is 29.2 Å². The second-order valence-electron chi connectivity index (χ2n) is 5.73. The lowest BCUT2D eigenvalue weighted by Crippen LogP contribution is -2.23. The molecule has 124 valence electrons. The fourth-order valence-corrected chi connectivity index (χ4v) is 2.96. The van der Waals surface area contributed by atoms with Crippen molar-refractivity contribution in [1.29, 1.82) is 0 Å². The van der Waals surface area contributed by atoms with Gasteiger partial charge in [0, 0.05) is 23.5 Å². The normalized spacial score (nSPS) is 14.7. The monoisotopic (exact) mass is 327 g/mol. The average Bonchev–Trinajstić information content (AvgIpc) is 2.96. The van der Waals surface area contributed by atoms with Crippen LogP contribution in [0.2, 0.25) is 0 Å². The van der Waals surface area contributed by atoms with Crippen molar-refractivity contribution in [2.75, 3.05) is 11.9 Å². The van der Waals surface area contributed by atoms with Crippen LogP contribution >= 0.6 is 0 Å². The molecule has 0 unspecified atom stereocenters. The molecule has 1 aromatic heterocycles. The molecule has 2 amide bonds. The van der Waals surface area contributed by atoms with E-state index in [1.165, 1.54) is 12.1 Å². The van der Waals surface area contributed by atoms with Crippen LogP contribution in [-0.2, 0) is 4.79 Å². The largest absolute Gasteiger partial charge is 0.358 e. The van der Waals surface area contributed by atoms with E-state index < -0.39 is 5.82 Å². The zero-order valence-electron chi connectivity index (χ0n) is 13.7. The Morgan fingerprint density at radius 3 is 2.79 bits per heavy atom. The zero-order chi connectivity index (χ0) is 17.4. The minimum absolute atomic E-state index is 0.147. The Kier molecular flexibility index (Phi) is 3.97. The number of H-pyrrole nitrogens is 1. The van der Waals surface area contributed by atoms with E-state index >= 15 is 0 Å². The highest BCUT2D eigenvalue weighted by Gasteiger charge is 2.25. The number of amides is 2. The molecule has 0 aliphatic carbocycles. The third-order valence-electron chi connectivity index (χ3n) is 4.09. The minimum Gasteiger partial charge on any atom is -0.358 e. The first kappa shape index (κ1) is 16.0. The van der Waals surface area contributed by atoms with E-state index in [0.29, 0.717) is 34.6 Å². The molecule has 0 saturated heterocycles. The molecule has 3 rings (SSSR count). The van der Waals surface area contributed by atoms with Crippen LogP contribution in [0.4, 0.5) is 10.1 Å². The molecule has 6 heteroatoms. The van der Waals surface area contributed by atoms with Crippen molar-refractivity contribution in [1.82, 2.24) is 10.3 Å². The van der Waals surface area contributed by atoms with Crippen LogP contribution in [0.1, 0.15) is 39.8 Å². The Morgan fingerprint density at radius 2 is 2.08 bits per heavy atom. The molecule has 3 N–H and O–H groups in total. The summed E-state index contributed by atoms with van der Waals surface area (Å²) in [6, 6.07) is 4.19. The first-order valence-corrected chi connectivity index (χ1v) is 7.72. The van der Waals surface area contributed by atoms with E-state index in [0.717, 1.165) is 11.3 Å². The summed E-state index contributed by atoms with van der Waals surface area (Å²) in [6.07, 6.45) is 1.70. The summed E-state index contributed by atoms with van der Waals surface area (Å²) in [7, 11) is 0. The van der Waals surface area contributed by atoms with Gasteiger partial charge in [-0.25, -0.2) is 4.39 Å². The molecule has 0 atom stereocenters. The third kappa shape index (κ3) is 2.60. The summed E-state index contributed by atoms with van der Waals surface area (Å²) in [5.41, 5.74) is 4.33. The standard InChI is InChI=1S/C18H18FN3O2/c1-4-20-18(24)16-9(2)14(21-10(16)3)8-13-12-6-5-11(19)7-15(12)22-17(13)23/h5-8,21H,4H2,1-3H3,(H,20,24)(H,22,23)/b13-8-. The molecule has 0 fully saturated rings. The Hall–Kier alpha value is -2.89. The summed E-state index contributed by atoms with van der Waals surface area (Å²) in [5, 5.41) is 5.43. The van der Waals surface area contributed by atoms with Crippen molar-refractivity contribution in [3.8, 4) is 0 Å². The van der Waals surface area contributed by atoms with E-state index in [2.05, 4.69) is 15.6 Å². The molecular weight excluding hydrogens is 309 g/mol. The first-order valence-electron chi connectivity index (χ1n) is 7.72. The summed E-state index contributed by atoms with van der Waals surface area (Å²) in [5.74, 6) is -0.839. The van der Waals surface area contributed by atoms with Crippen molar-refractivity contribution in [2.24, 2.45) is 0 Å². The van der Waals surface area contributed by atoms with Crippen molar-refractivity contribution in [3.05, 3.63) is 52.1 Å². The molecule has 2 aromatic rings. The maximum Gasteiger partial charge on any atom is 0.256 e. The SMILES string of the molecule is CCNC(=O)c1c(C)[nH]c(/C=C2\C(=O)Nc3cc(F)ccc32)c1C. The van der Waals surface area contributed by atoms with Gasteiger partial charge in [-0.2, -0.15) is 0 Å². The highest BCUT2D eigenvalue weighted by molar-refractivity contribution is 6.34. The van der Waals surface area contributed by atoms with Gasteiger partial charge in [0.25, 0.3) is 11.8 Å². The van der Waals surface area contributed by atoms with Crippen LogP contribution in [0, 0.1) is 19.7 Å². The van der Waals surface area contributed by atoms with Gasteiger partial charge in [0.1, 0.15) is 5.82 Å². The number of hydrogen-bond donors (Lipinski definition) is 3. The van der Waals surface area contributed by atoms with E-state index in [1.807, 2.05) is 20.8 Å². The summed E-state index contributed by atoms with van der Waals surface area (Å²) in [4.78, 5) is 27.5. The highest BCUT2D eigenvalue weighted by atomic mass is 19.1. The van der Waals surface area contributed by atoms with E-state index in [9.17, 15) is 14.0 Å². The van der Waals surface area contributed by atoms with Crippen LogP contribution in [0.25, 0.3) is 11.6 Å². The van der Waals surface area contributed by atoms with Crippen LogP contribution < -0.4 is 10.6 Å². The van der Waals surface area contributed by atoms with Gasteiger partial charge in [-0.1, -0.05) is 0 Å². The van der Waals surface area contributed by atoms with Crippen LogP contribution in [0.15, 0.2) is 18.2 Å². The van der Waals surface area contributed by atoms with E-state index in [4.69, 9.17) is 0 Å². The van der Waals surface area contributed by atoms with Gasteiger partial charge in [-0.05, 0) is 50.6 Å². The molecule has 0 spiro atoms. The summed E-state index contributed by atoms with van der Waals surface area (Å²) < 4.78 is 13.3. The van der Waals surface area contributed by atoms with Gasteiger partial charge < -0.3 is 15.6 Å². The maximum absolute atomic E-state index is 13.3. The number of rotatable bonds is 3. The van der Waals surface area contributed by atoms with Crippen LogP contribution in [0.3, 0.4) is 0 Å². The van der Waals surface area contributed by atoms with Crippen molar-refractivity contribution < 1.29 is 14.0 Å². The maximum atomic E-state index is 13.3. The molecule has 24 heavy (non-hydrogen) atoms. The second kappa shape index (κ2) is 5.96. The van der Waals surface area contributed by atoms with Gasteiger partial charge in [-0.15, -0.1) is 0 Å². The number of benzene rings is 1. The smallest absolute Gasteiger partial charge is 0.256 e. The highest BCUT2D eigenvalue weighted by Crippen LogP contribution is 2.34. The quantitative estimate of drug-likeness (QED) is 0.758. The number of aryl methyl sites for hydroxylation is 1. The topological polar surface area (TPSA) is 74.0 Å². The molecule has 2 heterocycles. The molecule has 1 aromatic carbocycles. The van der Waals surface area contributed by atoms with Crippen molar-refractivity contribution in [3.63, 3.8) is 0 Å². The third-order valence-corrected chi connectivity index (χ3v) is 4.09. The number of nitrogens with one attached hydrogen (secondary N) is 3. The van der Waals surface area contributed by atoms with Gasteiger partial charge in [0.2, 0.25) is 0 Å². The van der Waals surface area contributed by atoms with Gasteiger partial charge >= 0.3 is 0 Å². The fourth-order valence-electron chi connectivity index (χ4n) is 2.96. The van der Waals surface area contributed by atoms with Crippen LogP contribution in [-0.4, -0.2) is 23.3 Å². The molecule has 0 saturated carbocycles. The lowest BCUT2D eigenvalue weighted by atomic mass is 10.0. The van der Waals surface area contributed by atoms with Gasteiger partial charge in [-0.3, -0.25) is 9.59 Å². The minimum atomic E-state index is -0.402. The lowest BCUT2D eigenvalue weighted by molar-refractivity contribution is -0.110. The number of aromatic nitrogens is 1. The number of halogens is 1. The Labute approximate surface area is 139 Å². The number of anilines is 1. The van der Waals surface area contributed by atoms with E-state index in [-0.39, 0.29) is 11.8 Å². The molecule has 1 aliphatic heterocycles. The van der Waals surface area contributed by atoms with Gasteiger partial charge in [0.15, 0.2) is 0 Å². The molecule has 1 aliphatic rings. The van der Waals surface area contributed by atoms with E-state index in [1.54, 1.807) is 12.1 Å². The lowest BCUT2D eigenvalue weighted by Gasteiger charge is -2.02. The zero-order valence-corrected chi connectivity index (χ0v) is 13.7. The predicted octanol–water partition coefficient (Wildman–Crippen LogP) is 3.01. The number of hydrogen-bond acceptors (Lipinski definition) is 2. The predicted molar refractivity (Wildman–Crippen MR) is 91.2 cm³/mol. The summed E-state index contributed by atoms with van der Waals surface area (Å²) in [6.45, 7) is 6.05. The second-order valence-corrected chi connectivity index (χ2v) is 5.73. The number of carbonyl (C=O) groups excluding carboxylic acids is 2. The van der Waals surface area contributed by atoms with Crippen molar-refractivity contribution in [2.45, 2.75) is 20.8 Å². The Balaban J connectivity index is 2.06. The fraction of sp³-hybridized carbons (Fsp3) is 0.222. The van der Waals surface area contributed by atoms with Gasteiger partial charge in [0.05, 0.1) is 16.8 Å². The number of carbonyl (C=O) groups is 2.